The fraction of sp³-hybridized carbons (Fsp3) is 0.200. The second kappa shape index (κ2) is 6.40. The normalized spacial score (nSPS) is 9.95. The summed E-state index contributed by atoms with van der Waals surface area (Å²) in [4.78, 5) is 30.9. The number of aliphatic carboxylic acids is 1. The average Bonchev–Trinajstić information content (AvgIpc) is 2.30. The fourth-order valence-electron chi connectivity index (χ4n) is 1.16. The van der Waals surface area contributed by atoms with E-state index in [2.05, 4.69) is 10.1 Å². The third kappa shape index (κ3) is 4.68. The van der Waals surface area contributed by atoms with Gasteiger partial charge in [0.2, 0.25) is 11.7 Å². The first-order chi connectivity index (χ1) is 8.90. The molecule has 0 heterocycles. The molecule has 19 heavy (non-hydrogen) atoms. The monoisotopic (exact) mass is 272 g/mol. The van der Waals surface area contributed by atoms with Crippen LogP contribution < -0.4 is 5.32 Å². The molecule has 1 aromatic carbocycles. The lowest BCUT2D eigenvalue weighted by atomic mass is 10.2. The summed E-state index contributed by atoms with van der Waals surface area (Å²) in [5.41, 5.74) is -0.763. The fourth-order valence-corrected chi connectivity index (χ4v) is 1.16. The highest BCUT2D eigenvalue weighted by molar-refractivity contribution is 5.92. The molecule has 0 aliphatic heterocycles. The van der Waals surface area contributed by atoms with Crippen molar-refractivity contribution in [3.63, 3.8) is 0 Å². The predicted octanol–water partition coefficient (Wildman–Crippen LogP) is 0.774. The second-order valence-electron chi connectivity index (χ2n) is 3.36. The Hall–Kier alpha value is -2.55. The molecule has 1 aromatic rings. The van der Waals surface area contributed by atoms with Crippen LogP contribution in [0.15, 0.2) is 18.2 Å². The molecular formula is C10H9FN2O6. The van der Waals surface area contributed by atoms with Crippen LogP contribution >= 0.6 is 0 Å². The van der Waals surface area contributed by atoms with E-state index in [0.29, 0.717) is 0 Å². The number of amides is 1. The number of carbonyl (C=O) groups is 2. The van der Waals surface area contributed by atoms with Gasteiger partial charge in [0.05, 0.1) is 4.92 Å². The summed E-state index contributed by atoms with van der Waals surface area (Å²) in [5.74, 6) is -2.96. The summed E-state index contributed by atoms with van der Waals surface area (Å²) in [6.07, 6.45) is 0. The number of ether oxygens (including phenoxy) is 1. The lowest BCUT2D eigenvalue weighted by molar-refractivity contribution is -0.387. The number of nitrogens with one attached hydrogen (secondary N) is 1. The maximum absolute atomic E-state index is 13.0. The molecule has 9 heteroatoms. The maximum atomic E-state index is 13.0. The van der Waals surface area contributed by atoms with E-state index in [4.69, 9.17) is 5.11 Å². The second-order valence-corrected chi connectivity index (χ2v) is 3.36. The molecule has 0 aromatic heterocycles. The van der Waals surface area contributed by atoms with Gasteiger partial charge in [-0.25, -0.2) is 4.79 Å². The Bertz CT molecular complexity index is 519. The number of nitro benzene ring substituents is 1. The standard InChI is InChI=1S/C10H9FN2O6/c11-7-2-1-6(3-8(7)13(17)18)12-9(14)4-19-5-10(15)16/h1-3H,4-5H2,(H,12,14)(H,15,16). The molecule has 1 rings (SSSR count). The van der Waals surface area contributed by atoms with Crippen molar-refractivity contribution < 1.29 is 28.7 Å². The highest BCUT2D eigenvalue weighted by atomic mass is 19.1. The van der Waals surface area contributed by atoms with Gasteiger partial charge < -0.3 is 15.2 Å². The minimum Gasteiger partial charge on any atom is -0.480 e. The van der Waals surface area contributed by atoms with Gasteiger partial charge in [-0.1, -0.05) is 0 Å². The lowest BCUT2D eigenvalue weighted by Gasteiger charge is -2.05. The highest BCUT2D eigenvalue weighted by Crippen LogP contribution is 2.21. The highest BCUT2D eigenvalue weighted by Gasteiger charge is 2.15. The summed E-state index contributed by atoms with van der Waals surface area (Å²) in [5, 5.41) is 21.0. The summed E-state index contributed by atoms with van der Waals surface area (Å²) in [7, 11) is 0. The maximum Gasteiger partial charge on any atom is 0.329 e. The number of hydrogen-bond donors (Lipinski definition) is 2. The van der Waals surface area contributed by atoms with Crippen LogP contribution in [-0.2, 0) is 14.3 Å². The molecule has 8 nitrogen and oxygen atoms in total. The van der Waals surface area contributed by atoms with Crippen LogP contribution in [0.4, 0.5) is 15.8 Å². The molecule has 0 spiro atoms. The smallest absolute Gasteiger partial charge is 0.329 e. The van der Waals surface area contributed by atoms with Gasteiger partial charge in [-0.15, -0.1) is 0 Å². The van der Waals surface area contributed by atoms with Crippen molar-refractivity contribution in [3.05, 3.63) is 34.1 Å². The number of carbonyl (C=O) groups excluding carboxylic acids is 1. The van der Waals surface area contributed by atoms with Gasteiger partial charge in [-0.05, 0) is 12.1 Å². The minimum atomic E-state index is -1.23. The van der Waals surface area contributed by atoms with Crippen LogP contribution in [0.25, 0.3) is 0 Å². The quantitative estimate of drug-likeness (QED) is 0.583. The molecule has 0 bridgehead atoms. The van der Waals surface area contributed by atoms with Gasteiger partial charge in [0.1, 0.15) is 13.2 Å². The van der Waals surface area contributed by atoms with Crippen molar-refractivity contribution in [1.29, 1.82) is 0 Å². The summed E-state index contributed by atoms with van der Waals surface area (Å²) in [6, 6.07) is 2.83. The molecule has 0 aliphatic rings. The first kappa shape index (κ1) is 14.5. The van der Waals surface area contributed by atoms with Crippen LogP contribution in [-0.4, -0.2) is 35.1 Å². The molecule has 1 amide bonds. The summed E-state index contributed by atoms with van der Waals surface area (Å²) >= 11 is 0. The molecule has 102 valence electrons. The third-order valence-electron chi connectivity index (χ3n) is 1.89. The molecule has 0 radical (unpaired) electrons. The van der Waals surface area contributed by atoms with Gasteiger partial charge in [0, 0.05) is 11.8 Å². The number of carboxylic acid groups (broad SMARTS) is 1. The summed E-state index contributed by atoms with van der Waals surface area (Å²) in [6.45, 7) is -1.17. The first-order valence-electron chi connectivity index (χ1n) is 4.93. The van der Waals surface area contributed by atoms with Crippen molar-refractivity contribution in [2.24, 2.45) is 0 Å². The number of benzene rings is 1. The minimum absolute atomic E-state index is 0.0111. The number of rotatable bonds is 6. The first-order valence-corrected chi connectivity index (χ1v) is 4.93. The Labute approximate surface area is 105 Å². The van der Waals surface area contributed by atoms with Gasteiger partial charge in [-0.2, -0.15) is 4.39 Å². The van der Waals surface area contributed by atoms with Crippen LogP contribution in [0.5, 0.6) is 0 Å². The van der Waals surface area contributed by atoms with E-state index in [1.54, 1.807) is 0 Å². The van der Waals surface area contributed by atoms with Crippen LogP contribution in [0.1, 0.15) is 0 Å². The molecular weight excluding hydrogens is 263 g/mol. The lowest BCUT2D eigenvalue weighted by Crippen LogP contribution is -2.20. The number of anilines is 1. The Morgan fingerprint density at radius 3 is 2.68 bits per heavy atom. The Morgan fingerprint density at radius 2 is 2.11 bits per heavy atom. The molecule has 0 unspecified atom stereocenters. The topological polar surface area (TPSA) is 119 Å². The van der Waals surface area contributed by atoms with Gasteiger partial charge in [0.25, 0.3) is 0 Å². The van der Waals surface area contributed by atoms with E-state index < -0.39 is 41.5 Å². The van der Waals surface area contributed by atoms with E-state index in [9.17, 15) is 24.1 Å². The molecule has 0 aliphatic carbocycles. The van der Waals surface area contributed by atoms with Gasteiger partial charge in [0.15, 0.2) is 0 Å². The third-order valence-corrected chi connectivity index (χ3v) is 1.89. The van der Waals surface area contributed by atoms with Crippen LogP contribution in [0, 0.1) is 15.9 Å². The number of carboxylic acids is 1. The summed E-state index contributed by atoms with van der Waals surface area (Å²) < 4.78 is 17.5. The zero-order chi connectivity index (χ0) is 14.4. The number of hydrogen-bond acceptors (Lipinski definition) is 5. The van der Waals surface area contributed by atoms with E-state index in [1.165, 1.54) is 0 Å². The largest absolute Gasteiger partial charge is 0.480 e. The van der Waals surface area contributed by atoms with Crippen molar-refractivity contribution in [1.82, 2.24) is 0 Å². The Balaban J connectivity index is 2.62. The molecule has 0 saturated heterocycles. The Morgan fingerprint density at radius 1 is 1.42 bits per heavy atom. The molecule has 0 saturated carbocycles. The molecule has 0 atom stereocenters. The van der Waals surface area contributed by atoms with Crippen molar-refractivity contribution in [2.75, 3.05) is 18.5 Å². The Kier molecular flexibility index (Phi) is 4.89. The van der Waals surface area contributed by atoms with Crippen molar-refractivity contribution >= 4 is 23.3 Å². The van der Waals surface area contributed by atoms with Gasteiger partial charge in [-0.3, -0.25) is 14.9 Å². The van der Waals surface area contributed by atoms with Crippen molar-refractivity contribution in [2.45, 2.75) is 0 Å². The van der Waals surface area contributed by atoms with Gasteiger partial charge >= 0.3 is 11.7 Å². The SMILES string of the molecule is O=C(O)COCC(=O)Nc1ccc(F)c([N+](=O)[O-])c1. The molecule has 0 fully saturated rings. The zero-order valence-corrected chi connectivity index (χ0v) is 9.46. The number of nitro groups is 1. The van der Waals surface area contributed by atoms with E-state index in [-0.39, 0.29) is 5.69 Å². The number of halogens is 1. The predicted molar refractivity (Wildman–Crippen MR) is 60.1 cm³/mol. The van der Waals surface area contributed by atoms with Crippen LogP contribution in [0.2, 0.25) is 0 Å². The van der Waals surface area contributed by atoms with E-state index in [0.717, 1.165) is 18.2 Å². The van der Waals surface area contributed by atoms with E-state index >= 15 is 0 Å². The van der Waals surface area contributed by atoms with Crippen LogP contribution in [0.3, 0.4) is 0 Å². The number of nitrogens with zero attached hydrogens (tertiary/aromatic N) is 1. The molecule has 2 N–H and O–H groups in total. The average molecular weight is 272 g/mol. The van der Waals surface area contributed by atoms with E-state index in [1.807, 2.05) is 0 Å². The zero-order valence-electron chi connectivity index (χ0n) is 9.46. The van der Waals surface area contributed by atoms with Crippen molar-refractivity contribution in [3.8, 4) is 0 Å².